The lowest BCUT2D eigenvalue weighted by Gasteiger charge is -2.46. The zero-order valence-corrected chi connectivity index (χ0v) is 30.5. The molecule has 0 aromatic heterocycles. The van der Waals surface area contributed by atoms with Gasteiger partial charge in [-0.3, -0.25) is 0 Å². The first-order chi connectivity index (χ1) is 21.7. The minimum atomic E-state index is -2.69. The van der Waals surface area contributed by atoms with E-state index in [0.29, 0.717) is 29.6 Å². The topological polar surface area (TPSA) is 49.7 Å². The zero-order valence-electron chi connectivity index (χ0n) is 29.5. The molecule has 0 bridgehead atoms. The van der Waals surface area contributed by atoms with E-state index in [1.807, 2.05) is 0 Å². The van der Waals surface area contributed by atoms with Crippen LogP contribution in [-0.2, 0) is 4.43 Å². The van der Waals surface area contributed by atoms with Crippen molar-refractivity contribution < 1.29 is 14.6 Å². The van der Waals surface area contributed by atoms with Gasteiger partial charge < -0.3 is 14.6 Å². The number of rotatable bonds is 7. The minimum Gasteiger partial charge on any atom is -0.404 e. The fourth-order valence-electron chi connectivity index (χ4n) is 9.33. The van der Waals surface area contributed by atoms with E-state index in [1.165, 1.54) is 48.1 Å². The summed E-state index contributed by atoms with van der Waals surface area (Å²) in [6.45, 7) is 15.4. The van der Waals surface area contributed by atoms with Gasteiger partial charge in [-0.1, -0.05) is 125 Å². The van der Waals surface area contributed by atoms with Crippen LogP contribution in [-0.4, -0.2) is 36.3 Å². The maximum absolute atomic E-state index is 11.2. The molecule has 0 heterocycles. The maximum Gasteiger partial charge on any atom is 0.261 e. The van der Waals surface area contributed by atoms with Crippen molar-refractivity contribution in [2.24, 2.45) is 23.2 Å². The van der Waals surface area contributed by atoms with Crippen molar-refractivity contribution in [2.75, 3.05) is 0 Å². The Bertz CT molecular complexity index is 1400. The van der Waals surface area contributed by atoms with Crippen LogP contribution in [0.2, 0.25) is 5.04 Å². The molecule has 3 fully saturated rings. The standard InChI is InChI=1S/C42H58O3Si/c1-31(16-14-26-41(5,6)44)38-24-25-39-33(17-15-27-42(38,39)7)23-22-32-28-34(43)30-35(29-32)45-46(40(2,3)4,36-18-10-8-11-19-36)37-20-12-9-13-21-37/h8-13,18-23,31,34-35,38-39,43-44H,15-17,24-25,27-30H2,1-7H3/b32-22+,33-23-/t31-,34+,35-,38-,39-,42-/m1/s1. The van der Waals surface area contributed by atoms with Crippen LogP contribution in [0, 0.1) is 35.0 Å². The van der Waals surface area contributed by atoms with Crippen LogP contribution < -0.4 is 10.4 Å². The number of fused-ring (bicyclic) bond motifs is 1. The number of benzene rings is 2. The van der Waals surface area contributed by atoms with E-state index in [4.69, 9.17) is 4.43 Å². The molecule has 3 aliphatic carbocycles. The summed E-state index contributed by atoms with van der Waals surface area (Å²) >= 11 is 0. The lowest BCUT2D eigenvalue weighted by Crippen LogP contribution is -2.68. The van der Waals surface area contributed by atoms with Gasteiger partial charge in [0.2, 0.25) is 0 Å². The third-order valence-electron chi connectivity index (χ3n) is 11.4. The highest BCUT2D eigenvalue weighted by atomic mass is 28.4. The average molecular weight is 639 g/mol. The number of hydrogen-bond donors (Lipinski definition) is 2. The molecular formula is C42H58O3Si. The van der Waals surface area contributed by atoms with Gasteiger partial charge in [-0.15, -0.1) is 5.92 Å². The highest BCUT2D eigenvalue weighted by Crippen LogP contribution is 2.59. The van der Waals surface area contributed by atoms with Crippen LogP contribution >= 0.6 is 0 Å². The monoisotopic (exact) mass is 638 g/mol. The van der Waals surface area contributed by atoms with Crippen molar-refractivity contribution in [1.82, 2.24) is 0 Å². The highest BCUT2D eigenvalue weighted by molar-refractivity contribution is 6.99. The summed E-state index contributed by atoms with van der Waals surface area (Å²) in [5.74, 6) is 8.12. The smallest absolute Gasteiger partial charge is 0.261 e. The summed E-state index contributed by atoms with van der Waals surface area (Å²) in [7, 11) is -2.69. The Morgan fingerprint density at radius 1 is 0.957 bits per heavy atom. The molecule has 248 valence electrons. The maximum atomic E-state index is 11.2. The van der Waals surface area contributed by atoms with E-state index in [9.17, 15) is 10.2 Å². The van der Waals surface area contributed by atoms with Gasteiger partial charge in [0.25, 0.3) is 8.32 Å². The van der Waals surface area contributed by atoms with Gasteiger partial charge in [-0.25, -0.2) is 0 Å². The summed E-state index contributed by atoms with van der Waals surface area (Å²) < 4.78 is 7.48. The first kappa shape index (κ1) is 34.9. The van der Waals surface area contributed by atoms with Crippen molar-refractivity contribution in [3.63, 3.8) is 0 Å². The SMILES string of the molecule is C[C@H](CC#CC(C)(C)O)[C@H]1CC[C@@H]2/C(=C\C=C3/C[C@H](O)C[C@H](O[Si](c4ccccc4)(c4ccccc4)C(C)(C)C)C3)CCC[C@@]21C. The van der Waals surface area contributed by atoms with E-state index in [-0.39, 0.29) is 17.2 Å². The summed E-state index contributed by atoms with van der Waals surface area (Å²) in [4.78, 5) is 0. The second kappa shape index (κ2) is 14.0. The first-order valence-electron chi connectivity index (χ1n) is 17.8. The fourth-order valence-corrected chi connectivity index (χ4v) is 14.0. The molecule has 0 amide bonds. The van der Waals surface area contributed by atoms with Crippen LogP contribution in [0.3, 0.4) is 0 Å². The Hall–Kier alpha value is -2.42. The van der Waals surface area contributed by atoms with Gasteiger partial charge >= 0.3 is 0 Å². The number of aliphatic hydroxyl groups is 2. The van der Waals surface area contributed by atoms with E-state index < -0.39 is 13.9 Å². The molecule has 2 aromatic rings. The molecular weight excluding hydrogens is 581 g/mol. The summed E-state index contributed by atoms with van der Waals surface area (Å²) in [5.41, 5.74) is 2.29. The van der Waals surface area contributed by atoms with Crippen molar-refractivity contribution in [3.05, 3.63) is 84.0 Å². The van der Waals surface area contributed by atoms with Crippen molar-refractivity contribution in [1.29, 1.82) is 0 Å². The molecule has 6 atom stereocenters. The fraction of sp³-hybridized carbons (Fsp3) is 0.571. The molecule has 0 aliphatic heterocycles. The van der Waals surface area contributed by atoms with Crippen LogP contribution in [0.15, 0.2) is 84.0 Å². The van der Waals surface area contributed by atoms with Crippen LogP contribution in [0.4, 0.5) is 0 Å². The van der Waals surface area contributed by atoms with Crippen molar-refractivity contribution in [3.8, 4) is 11.8 Å². The predicted octanol–water partition coefficient (Wildman–Crippen LogP) is 8.35. The van der Waals surface area contributed by atoms with Crippen LogP contribution in [0.5, 0.6) is 0 Å². The third-order valence-corrected chi connectivity index (χ3v) is 16.5. The summed E-state index contributed by atoms with van der Waals surface area (Å²) in [6.07, 6.45) is 13.7. The molecule has 46 heavy (non-hydrogen) atoms. The molecule has 2 aromatic carbocycles. The Morgan fingerprint density at radius 3 is 2.17 bits per heavy atom. The highest BCUT2D eigenvalue weighted by Gasteiger charge is 2.52. The third kappa shape index (κ3) is 7.49. The molecule has 4 heteroatoms. The van der Waals surface area contributed by atoms with Gasteiger partial charge in [-0.2, -0.15) is 0 Å². The van der Waals surface area contributed by atoms with Gasteiger partial charge in [0.15, 0.2) is 0 Å². The Kier molecular flexibility index (Phi) is 10.6. The Morgan fingerprint density at radius 2 is 1.59 bits per heavy atom. The molecule has 2 N–H and O–H groups in total. The van der Waals surface area contributed by atoms with Gasteiger partial charge in [0, 0.05) is 6.42 Å². The molecule has 0 radical (unpaired) electrons. The second-order valence-corrected chi connectivity index (χ2v) is 20.7. The normalized spacial score (nSPS) is 29.7. The van der Waals surface area contributed by atoms with E-state index in [1.54, 1.807) is 19.4 Å². The summed E-state index contributed by atoms with van der Waals surface area (Å²) in [6, 6.07) is 21.7. The number of aliphatic hydroxyl groups excluding tert-OH is 1. The molecule has 0 unspecified atom stereocenters. The van der Waals surface area contributed by atoms with Gasteiger partial charge in [0.1, 0.15) is 5.60 Å². The van der Waals surface area contributed by atoms with Gasteiger partial charge in [-0.05, 0) is 104 Å². The molecule has 0 saturated heterocycles. The molecule has 0 spiro atoms. The Labute approximate surface area is 280 Å². The van der Waals surface area contributed by atoms with E-state index in [0.717, 1.165) is 19.3 Å². The van der Waals surface area contributed by atoms with E-state index in [2.05, 4.69) is 119 Å². The largest absolute Gasteiger partial charge is 0.404 e. The average Bonchev–Trinajstić information content (AvgIpc) is 3.36. The zero-order chi connectivity index (χ0) is 33.2. The van der Waals surface area contributed by atoms with Crippen LogP contribution in [0.25, 0.3) is 0 Å². The Balaban J connectivity index is 1.38. The van der Waals surface area contributed by atoms with Gasteiger partial charge in [0.05, 0.1) is 12.2 Å². The number of allylic oxidation sites excluding steroid dienone is 3. The molecule has 3 aliphatic rings. The summed E-state index contributed by atoms with van der Waals surface area (Å²) in [5, 5.41) is 23.7. The lowest BCUT2D eigenvalue weighted by atomic mass is 9.61. The van der Waals surface area contributed by atoms with E-state index >= 15 is 0 Å². The lowest BCUT2D eigenvalue weighted by molar-refractivity contribution is 0.0689. The minimum absolute atomic E-state index is 0.0296. The molecule has 3 nitrogen and oxygen atoms in total. The predicted molar refractivity (Wildman–Crippen MR) is 195 cm³/mol. The molecule has 3 saturated carbocycles. The first-order valence-corrected chi connectivity index (χ1v) is 19.7. The molecule has 5 rings (SSSR count). The quantitative estimate of drug-likeness (QED) is 0.237. The van der Waals surface area contributed by atoms with Crippen molar-refractivity contribution >= 4 is 18.7 Å². The number of hydrogen-bond acceptors (Lipinski definition) is 3. The van der Waals surface area contributed by atoms with Crippen LogP contribution in [0.1, 0.15) is 106 Å². The van der Waals surface area contributed by atoms with Crippen molar-refractivity contribution in [2.45, 2.75) is 129 Å². The second-order valence-electron chi connectivity index (χ2n) is 16.4.